The predicted octanol–water partition coefficient (Wildman–Crippen LogP) is 0.674. The van der Waals surface area contributed by atoms with Crippen molar-refractivity contribution in [2.75, 3.05) is 13.2 Å². The summed E-state index contributed by atoms with van der Waals surface area (Å²) < 4.78 is 0. The lowest BCUT2D eigenvalue weighted by Crippen LogP contribution is -2.30. The van der Waals surface area contributed by atoms with Crippen LogP contribution in [0.25, 0.3) is 0 Å². The molecule has 0 aliphatic rings. The first-order chi connectivity index (χ1) is 9.00. The van der Waals surface area contributed by atoms with Crippen LogP contribution in [0.2, 0.25) is 0 Å². The highest BCUT2D eigenvalue weighted by Crippen LogP contribution is 2.18. The molecule has 0 radical (unpaired) electrons. The fourth-order valence-corrected chi connectivity index (χ4v) is 1.79. The highest BCUT2D eigenvalue weighted by Gasteiger charge is 2.17. The number of rotatable bonds is 7. The van der Waals surface area contributed by atoms with Crippen LogP contribution in [0.4, 0.5) is 0 Å². The number of aromatic nitrogens is 1. The first-order valence-electron chi connectivity index (χ1n) is 6.23. The van der Waals surface area contributed by atoms with Crippen molar-refractivity contribution in [2.24, 2.45) is 16.3 Å². The number of nitrogens with two attached hydrogens (primary N) is 1. The summed E-state index contributed by atoms with van der Waals surface area (Å²) >= 11 is 0. The highest BCUT2D eigenvalue weighted by atomic mass is 16.4. The zero-order valence-electron chi connectivity index (χ0n) is 11.4. The van der Waals surface area contributed by atoms with Crippen molar-refractivity contribution in [2.45, 2.75) is 26.8 Å². The normalized spacial score (nSPS) is 12.7. The van der Waals surface area contributed by atoms with E-state index < -0.39 is 0 Å². The molecular weight excluding hydrogens is 244 g/mol. The Balaban J connectivity index is 2.64. The van der Waals surface area contributed by atoms with Crippen LogP contribution in [0, 0.1) is 5.41 Å². The third-order valence-electron chi connectivity index (χ3n) is 2.95. The maximum atomic E-state index is 8.97. The van der Waals surface area contributed by atoms with E-state index in [1.807, 2.05) is 12.1 Å². The number of hydrogen-bond donors (Lipinski definition) is 4. The Kier molecular flexibility index (Phi) is 5.72. The monoisotopic (exact) mass is 266 g/mol. The summed E-state index contributed by atoms with van der Waals surface area (Å²) in [4.78, 5) is 4.11. The fourth-order valence-electron chi connectivity index (χ4n) is 1.79. The van der Waals surface area contributed by atoms with Gasteiger partial charge >= 0.3 is 0 Å². The summed E-state index contributed by atoms with van der Waals surface area (Å²) in [5, 5.41) is 24.0. The molecule has 0 fully saturated rings. The Bertz CT molecular complexity index is 432. The van der Waals surface area contributed by atoms with E-state index in [2.05, 4.69) is 29.3 Å². The first kappa shape index (κ1) is 15.4. The lowest BCUT2D eigenvalue weighted by atomic mass is 9.90. The molecule has 1 heterocycles. The standard InChI is InChI=1S/C13H22N4O2/c1-13(2,5-7-18)9-15-8-10-4-3-6-16-11(10)12(14)17-19/h3-4,6,15,18-19H,5,7-9H2,1-2H3,(H2,14,17). The number of amidine groups is 1. The Morgan fingerprint density at radius 1 is 1.53 bits per heavy atom. The average molecular weight is 266 g/mol. The molecule has 0 spiro atoms. The molecule has 0 unspecified atom stereocenters. The lowest BCUT2D eigenvalue weighted by Gasteiger charge is -2.24. The Morgan fingerprint density at radius 2 is 2.26 bits per heavy atom. The van der Waals surface area contributed by atoms with Crippen molar-refractivity contribution < 1.29 is 10.3 Å². The van der Waals surface area contributed by atoms with Crippen LogP contribution < -0.4 is 11.1 Å². The summed E-state index contributed by atoms with van der Waals surface area (Å²) in [6.07, 6.45) is 2.34. The summed E-state index contributed by atoms with van der Waals surface area (Å²) in [6.45, 7) is 5.69. The molecule has 5 N–H and O–H groups in total. The Hall–Kier alpha value is -1.66. The van der Waals surface area contributed by atoms with Gasteiger partial charge in [-0.15, -0.1) is 0 Å². The van der Waals surface area contributed by atoms with Gasteiger partial charge in [-0.25, -0.2) is 0 Å². The average Bonchev–Trinajstić information content (AvgIpc) is 2.38. The molecule has 0 aliphatic carbocycles. The van der Waals surface area contributed by atoms with Crippen molar-refractivity contribution in [3.05, 3.63) is 29.6 Å². The second-order valence-corrected chi connectivity index (χ2v) is 5.24. The van der Waals surface area contributed by atoms with Crippen LogP contribution in [-0.4, -0.2) is 34.3 Å². The van der Waals surface area contributed by atoms with E-state index in [1.54, 1.807) is 6.20 Å². The fraction of sp³-hybridized carbons (Fsp3) is 0.538. The Morgan fingerprint density at radius 3 is 2.89 bits per heavy atom. The summed E-state index contributed by atoms with van der Waals surface area (Å²) in [5.41, 5.74) is 6.96. The molecule has 0 saturated heterocycles. The number of hydrogen-bond acceptors (Lipinski definition) is 5. The van der Waals surface area contributed by atoms with Crippen LogP contribution in [0.15, 0.2) is 23.5 Å². The molecule has 0 atom stereocenters. The van der Waals surface area contributed by atoms with Gasteiger partial charge in [0.15, 0.2) is 5.84 Å². The number of aliphatic hydroxyl groups is 1. The first-order valence-corrected chi connectivity index (χ1v) is 6.23. The molecule has 1 aromatic heterocycles. The number of nitrogens with zero attached hydrogens (tertiary/aromatic N) is 2. The van der Waals surface area contributed by atoms with E-state index in [0.29, 0.717) is 12.2 Å². The van der Waals surface area contributed by atoms with Crippen LogP contribution in [0.1, 0.15) is 31.5 Å². The summed E-state index contributed by atoms with van der Waals surface area (Å²) in [5.74, 6) is 0.00650. The van der Waals surface area contributed by atoms with Crippen molar-refractivity contribution in [3.8, 4) is 0 Å². The highest BCUT2D eigenvalue weighted by molar-refractivity contribution is 5.96. The molecular formula is C13H22N4O2. The molecule has 1 rings (SSSR count). The van der Waals surface area contributed by atoms with Crippen molar-refractivity contribution in [3.63, 3.8) is 0 Å². The van der Waals surface area contributed by atoms with Crippen LogP contribution in [0.3, 0.4) is 0 Å². The van der Waals surface area contributed by atoms with Crippen molar-refractivity contribution >= 4 is 5.84 Å². The Labute approximate surface area is 113 Å². The zero-order chi connectivity index (χ0) is 14.3. The predicted molar refractivity (Wildman–Crippen MR) is 73.9 cm³/mol. The van der Waals surface area contributed by atoms with Gasteiger partial charge in [0.05, 0.1) is 0 Å². The molecule has 0 aliphatic heterocycles. The van der Waals surface area contributed by atoms with E-state index in [0.717, 1.165) is 18.5 Å². The molecule has 6 heteroatoms. The molecule has 0 amide bonds. The van der Waals surface area contributed by atoms with E-state index >= 15 is 0 Å². The molecule has 1 aromatic rings. The van der Waals surface area contributed by atoms with Gasteiger partial charge in [0.2, 0.25) is 0 Å². The molecule has 106 valence electrons. The topological polar surface area (TPSA) is 104 Å². The molecule has 0 saturated carbocycles. The van der Waals surface area contributed by atoms with Gasteiger partial charge in [-0.3, -0.25) is 4.98 Å². The van der Waals surface area contributed by atoms with Crippen molar-refractivity contribution in [1.29, 1.82) is 0 Å². The largest absolute Gasteiger partial charge is 0.409 e. The van der Waals surface area contributed by atoms with Gasteiger partial charge in [-0.05, 0) is 23.5 Å². The second-order valence-electron chi connectivity index (χ2n) is 5.24. The van der Waals surface area contributed by atoms with Gasteiger partial charge in [0.25, 0.3) is 0 Å². The number of aliphatic hydroxyl groups excluding tert-OH is 1. The smallest absolute Gasteiger partial charge is 0.189 e. The summed E-state index contributed by atoms with van der Waals surface area (Å²) in [7, 11) is 0. The third-order valence-corrected chi connectivity index (χ3v) is 2.95. The molecule has 0 bridgehead atoms. The maximum absolute atomic E-state index is 8.97. The van der Waals surface area contributed by atoms with Gasteiger partial charge in [0, 0.05) is 25.9 Å². The number of nitrogens with one attached hydrogen (secondary N) is 1. The van der Waals surface area contributed by atoms with Crippen LogP contribution in [-0.2, 0) is 6.54 Å². The minimum atomic E-state index is 0.00650. The van der Waals surface area contributed by atoms with Gasteiger partial charge in [-0.2, -0.15) is 0 Å². The van der Waals surface area contributed by atoms with E-state index in [-0.39, 0.29) is 17.9 Å². The van der Waals surface area contributed by atoms with Gasteiger partial charge in [0.1, 0.15) is 5.69 Å². The van der Waals surface area contributed by atoms with Crippen molar-refractivity contribution in [1.82, 2.24) is 10.3 Å². The van der Waals surface area contributed by atoms with E-state index in [4.69, 9.17) is 16.0 Å². The van der Waals surface area contributed by atoms with E-state index in [9.17, 15) is 0 Å². The minimum absolute atomic E-state index is 0.00650. The quantitative estimate of drug-likeness (QED) is 0.251. The molecule has 6 nitrogen and oxygen atoms in total. The SMILES string of the molecule is CC(C)(CCO)CNCc1cccnc1/C(N)=N/O. The zero-order valence-corrected chi connectivity index (χ0v) is 11.4. The second kappa shape index (κ2) is 7.06. The van der Waals surface area contributed by atoms with Gasteiger partial charge in [-0.1, -0.05) is 25.1 Å². The number of pyridine rings is 1. The molecule has 19 heavy (non-hydrogen) atoms. The molecule has 0 aromatic carbocycles. The maximum Gasteiger partial charge on any atom is 0.189 e. The number of oxime groups is 1. The summed E-state index contributed by atoms with van der Waals surface area (Å²) in [6, 6.07) is 3.69. The van der Waals surface area contributed by atoms with E-state index in [1.165, 1.54) is 0 Å². The minimum Gasteiger partial charge on any atom is -0.409 e. The van der Waals surface area contributed by atoms with Crippen LogP contribution in [0.5, 0.6) is 0 Å². The van der Waals surface area contributed by atoms with Crippen LogP contribution >= 0.6 is 0 Å². The lowest BCUT2D eigenvalue weighted by molar-refractivity contribution is 0.207. The van der Waals surface area contributed by atoms with Gasteiger partial charge < -0.3 is 21.4 Å². The third kappa shape index (κ3) is 4.84.